The Hall–Kier alpha value is -3.67. The zero-order valence-corrected chi connectivity index (χ0v) is 18.4. The van der Waals surface area contributed by atoms with Crippen LogP contribution >= 0.6 is 0 Å². The Morgan fingerprint density at radius 3 is 2.62 bits per heavy atom. The maximum absolute atomic E-state index is 13.3. The van der Waals surface area contributed by atoms with Gasteiger partial charge in [-0.3, -0.25) is 9.59 Å². The summed E-state index contributed by atoms with van der Waals surface area (Å²) in [5.41, 5.74) is 3.34. The number of aryl methyl sites for hydroxylation is 1. The minimum absolute atomic E-state index is 0.0603. The van der Waals surface area contributed by atoms with E-state index in [2.05, 4.69) is 35.8 Å². The van der Waals surface area contributed by atoms with Gasteiger partial charge in [0.25, 0.3) is 5.91 Å². The highest BCUT2D eigenvalue weighted by atomic mass is 16.2. The van der Waals surface area contributed by atoms with E-state index in [1.54, 1.807) is 39.9 Å². The molecule has 2 amide bonds. The van der Waals surface area contributed by atoms with E-state index in [1.165, 1.54) is 0 Å². The third-order valence-electron chi connectivity index (χ3n) is 5.91. The molecule has 2 heterocycles. The van der Waals surface area contributed by atoms with Gasteiger partial charge in [0, 0.05) is 45.6 Å². The van der Waals surface area contributed by atoms with Gasteiger partial charge >= 0.3 is 0 Å². The lowest BCUT2D eigenvalue weighted by Gasteiger charge is -2.23. The van der Waals surface area contributed by atoms with Crippen LogP contribution in [0.25, 0.3) is 11.1 Å². The SMILES string of the molecule is C=CCN1CCN(C(=O)c2nccn2C)C[C@H](Cc2cccc(-c3ccccc3)c2)C1=O. The zero-order valence-electron chi connectivity index (χ0n) is 18.4. The van der Waals surface area contributed by atoms with Crippen LogP contribution in [-0.4, -0.2) is 57.3 Å². The molecule has 0 bridgehead atoms. The first-order valence-electron chi connectivity index (χ1n) is 10.9. The second-order valence-corrected chi connectivity index (χ2v) is 8.15. The number of hydrogen-bond donors (Lipinski definition) is 0. The Bertz CT molecular complexity index is 1110. The molecule has 0 radical (unpaired) electrons. The number of nitrogens with zero attached hydrogens (tertiary/aromatic N) is 4. The van der Waals surface area contributed by atoms with Crippen LogP contribution in [0.3, 0.4) is 0 Å². The lowest BCUT2D eigenvalue weighted by Crippen LogP contribution is -2.38. The van der Waals surface area contributed by atoms with Crippen molar-refractivity contribution in [2.75, 3.05) is 26.2 Å². The van der Waals surface area contributed by atoms with E-state index in [1.807, 2.05) is 30.3 Å². The number of carbonyl (C=O) groups excluding carboxylic acids is 2. The Labute approximate surface area is 188 Å². The van der Waals surface area contributed by atoms with E-state index >= 15 is 0 Å². The molecule has 1 atom stereocenters. The molecule has 1 aromatic heterocycles. The fourth-order valence-electron chi connectivity index (χ4n) is 4.22. The zero-order chi connectivity index (χ0) is 22.5. The molecule has 1 aliphatic rings. The Morgan fingerprint density at radius 2 is 1.91 bits per heavy atom. The van der Waals surface area contributed by atoms with E-state index in [-0.39, 0.29) is 17.7 Å². The maximum atomic E-state index is 13.3. The first-order valence-corrected chi connectivity index (χ1v) is 10.9. The molecule has 2 aromatic carbocycles. The molecule has 1 saturated heterocycles. The predicted molar refractivity (Wildman–Crippen MR) is 125 cm³/mol. The topological polar surface area (TPSA) is 58.4 Å². The van der Waals surface area contributed by atoms with E-state index in [4.69, 9.17) is 0 Å². The fraction of sp³-hybridized carbons (Fsp3) is 0.269. The molecule has 1 fully saturated rings. The summed E-state index contributed by atoms with van der Waals surface area (Å²) in [6, 6.07) is 18.5. The van der Waals surface area contributed by atoms with Crippen LogP contribution in [-0.2, 0) is 18.3 Å². The highest BCUT2D eigenvalue weighted by Gasteiger charge is 2.33. The molecule has 0 spiro atoms. The van der Waals surface area contributed by atoms with Crippen LogP contribution in [0.5, 0.6) is 0 Å². The standard InChI is InChI=1S/C26H28N4O2/c1-3-13-29-15-16-30(26(32)24-27-12-14-28(24)2)19-23(25(29)31)18-20-8-7-11-22(17-20)21-9-5-4-6-10-21/h3-12,14,17,23H,1,13,15-16,18-19H2,2H3/t23-/m0/s1. The Balaban J connectivity index is 1.59. The van der Waals surface area contributed by atoms with Crippen molar-refractivity contribution in [1.29, 1.82) is 0 Å². The van der Waals surface area contributed by atoms with Crippen molar-refractivity contribution in [3.63, 3.8) is 0 Å². The molecule has 32 heavy (non-hydrogen) atoms. The van der Waals surface area contributed by atoms with E-state index in [9.17, 15) is 9.59 Å². The highest BCUT2D eigenvalue weighted by molar-refractivity contribution is 5.91. The van der Waals surface area contributed by atoms with Crippen LogP contribution in [0.1, 0.15) is 16.2 Å². The van der Waals surface area contributed by atoms with Crippen LogP contribution < -0.4 is 0 Å². The minimum Gasteiger partial charge on any atom is -0.337 e. The average molecular weight is 429 g/mol. The largest absolute Gasteiger partial charge is 0.337 e. The van der Waals surface area contributed by atoms with Gasteiger partial charge in [-0.2, -0.15) is 0 Å². The molecule has 0 N–H and O–H groups in total. The van der Waals surface area contributed by atoms with Gasteiger partial charge in [0.2, 0.25) is 5.91 Å². The summed E-state index contributed by atoms with van der Waals surface area (Å²) in [5.74, 6) is -0.0221. The number of benzene rings is 2. The summed E-state index contributed by atoms with van der Waals surface area (Å²) >= 11 is 0. The van der Waals surface area contributed by atoms with Crippen LogP contribution in [0.2, 0.25) is 0 Å². The second kappa shape index (κ2) is 9.64. The molecular weight excluding hydrogens is 400 g/mol. The van der Waals surface area contributed by atoms with Crippen molar-refractivity contribution in [1.82, 2.24) is 19.4 Å². The number of imidazole rings is 1. The third kappa shape index (κ3) is 4.64. The van der Waals surface area contributed by atoms with Gasteiger partial charge in [-0.05, 0) is 23.1 Å². The van der Waals surface area contributed by atoms with E-state index in [0.717, 1.165) is 16.7 Å². The molecule has 0 unspecified atom stereocenters. The number of amides is 2. The molecule has 6 nitrogen and oxygen atoms in total. The second-order valence-electron chi connectivity index (χ2n) is 8.15. The maximum Gasteiger partial charge on any atom is 0.289 e. The summed E-state index contributed by atoms with van der Waals surface area (Å²) in [5, 5.41) is 0. The van der Waals surface area contributed by atoms with Crippen LogP contribution in [0.4, 0.5) is 0 Å². The molecule has 4 rings (SSSR count). The number of rotatable bonds is 6. The summed E-state index contributed by atoms with van der Waals surface area (Å²) in [6.07, 6.45) is 5.68. The van der Waals surface area contributed by atoms with Crippen LogP contribution in [0.15, 0.2) is 79.6 Å². The molecule has 164 valence electrons. The third-order valence-corrected chi connectivity index (χ3v) is 5.91. The summed E-state index contributed by atoms with van der Waals surface area (Å²) in [6.45, 7) is 5.60. The molecule has 1 aliphatic heterocycles. The molecule has 6 heteroatoms. The first kappa shape index (κ1) is 21.6. The smallest absolute Gasteiger partial charge is 0.289 e. The normalized spacial score (nSPS) is 16.7. The first-order chi connectivity index (χ1) is 15.6. The molecule has 0 aliphatic carbocycles. The van der Waals surface area contributed by atoms with Gasteiger partial charge in [-0.1, -0.05) is 60.7 Å². The number of aromatic nitrogens is 2. The van der Waals surface area contributed by atoms with Crippen molar-refractivity contribution in [2.45, 2.75) is 6.42 Å². The summed E-state index contributed by atoms with van der Waals surface area (Å²) in [4.78, 5) is 34.2. The van der Waals surface area contributed by atoms with Crippen molar-refractivity contribution in [3.05, 3.63) is 91.0 Å². The Morgan fingerprint density at radius 1 is 1.12 bits per heavy atom. The van der Waals surface area contributed by atoms with Gasteiger partial charge < -0.3 is 14.4 Å². The van der Waals surface area contributed by atoms with Crippen molar-refractivity contribution in [2.24, 2.45) is 13.0 Å². The van der Waals surface area contributed by atoms with E-state index < -0.39 is 0 Å². The van der Waals surface area contributed by atoms with Crippen molar-refractivity contribution in [3.8, 4) is 11.1 Å². The monoisotopic (exact) mass is 428 g/mol. The fourth-order valence-corrected chi connectivity index (χ4v) is 4.22. The quantitative estimate of drug-likeness (QED) is 0.566. The van der Waals surface area contributed by atoms with Crippen molar-refractivity contribution >= 4 is 11.8 Å². The Kier molecular flexibility index (Phi) is 6.50. The van der Waals surface area contributed by atoms with Gasteiger partial charge in [0.15, 0.2) is 5.82 Å². The van der Waals surface area contributed by atoms with Gasteiger partial charge in [0.05, 0.1) is 5.92 Å². The van der Waals surface area contributed by atoms with E-state index in [0.29, 0.717) is 38.4 Å². The minimum atomic E-state index is -0.326. The van der Waals surface area contributed by atoms with Crippen molar-refractivity contribution < 1.29 is 9.59 Å². The average Bonchev–Trinajstić information content (AvgIpc) is 3.19. The predicted octanol–water partition coefficient (Wildman–Crippen LogP) is 3.42. The lowest BCUT2D eigenvalue weighted by atomic mass is 9.94. The number of hydrogen-bond acceptors (Lipinski definition) is 3. The summed E-state index contributed by atoms with van der Waals surface area (Å²) in [7, 11) is 1.81. The lowest BCUT2D eigenvalue weighted by molar-refractivity contribution is -0.134. The summed E-state index contributed by atoms with van der Waals surface area (Å²) < 4.78 is 1.72. The number of carbonyl (C=O) groups is 2. The van der Waals surface area contributed by atoms with Gasteiger partial charge in [0.1, 0.15) is 0 Å². The molecule has 3 aromatic rings. The highest BCUT2D eigenvalue weighted by Crippen LogP contribution is 2.23. The molecular formula is C26H28N4O2. The van der Waals surface area contributed by atoms with Gasteiger partial charge in [-0.25, -0.2) is 4.98 Å². The molecule has 0 saturated carbocycles. The van der Waals surface area contributed by atoms with Crippen LogP contribution in [0, 0.1) is 5.92 Å². The van der Waals surface area contributed by atoms with Gasteiger partial charge in [-0.15, -0.1) is 6.58 Å².